The monoisotopic (exact) mass is 620 g/mol. The lowest BCUT2D eigenvalue weighted by Gasteiger charge is -2.20. The molecule has 1 aliphatic rings. The summed E-state index contributed by atoms with van der Waals surface area (Å²) in [5, 5.41) is 13.3. The van der Waals surface area contributed by atoms with Gasteiger partial charge in [-0.1, -0.05) is 55.5 Å². The summed E-state index contributed by atoms with van der Waals surface area (Å²) in [7, 11) is 3.17. The highest BCUT2D eigenvalue weighted by Gasteiger charge is 2.33. The summed E-state index contributed by atoms with van der Waals surface area (Å²) in [4.78, 5) is 28.8. The van der Waals surface area contributed by atoms with Crippen LogP contribution in [0.3, 0.4) is 0 Å². The quantitative estimate of drug-likeness (QED) is 0.193. The highest BCUT2D eigenvalue weighted by molar-refractivity contribution is 8.26. The maximum Gasteiger partial charge on any atom is 0.270 e. The van der Waals surface area contributed by atoms with Crippen LogP contribution < -0.4 is 20.3 Å². The van der Waals surface area contributed by atoms with Crippen LogP contribution in [0.15, 0.2) is 52.2 Å². The van der Waals surface area contributed by atoms with Crippen LogP contribution in [-0.4, -0.2) is 40.5 Å². The number of carbonyl (C=O) groups is 1. The van der Waals surface area contributed by atoms with Crippen molar-refractivity contribution in [1.82, 2.24) is 9.47 Å². The van der Waals surface area contributed by atoms with Crippen molar-refractivity contribution in [2.24, 2.45) is 0 Å². The molecule has 0 bridgehead atoms. The van der Waals surface area contributed by atoms with Gasteiger partial charge in [0.15, 0.2) is 11.5 Å². The van der Waals surface area contributed by atoms with Crippen LogP contribution in [-0.2, 0) is 24.3 Å². The van der Waals surface area contributed by atoms with Crippen LogP contribution in [0.4, 0.5) is 10.2 Å². The van der Waals surface area contributed by atoms with E-state index in [1.807, 2.05) is 25.1 Å². The SMILES string of the molecule is CCCCn1c(NCCc2ccc(OC)c(OC)c2)c(/C=C2/SC(=S)N(Cc3ccc(F)cc3)C2=O)c(C)c(C#N)c1=O. The molecule has 1 aromatic heterocycles. The number of pyridine rings is 1. The highest BCUT2D eigenvalue weighted by atomic mass is 32.2. The van der Waals surface area contributed by atoms with Crippen LogP contribution in [0.2, 0.25) is 0 Å². The second-order valence-electron chi connectivity index (χ2n) is 9.94. The van der Waals surface area contributed by atoms with Crippen LogP contribution in [0, 0.1) is 24.1 Å². The van der Waals surface area contributed by atoms with E-state index in [1.54, 1.807) is 43.9 Å². The molecule has 1 aliphatic heterocycles. The van der Waals surface area contributed by atoms with Gasteiger partial charge < -0.3 is 14.8 Å². The third-order valence-corrected chi connectivity index (χ3v) is 8.54. The van der Waals surface area contributed by atoms with Crippen molar-refractivity contribution >= 4 is 46.1 Å². The van der Waals surface area contributed by atoms with Gasteiger partial charge in [-0.25, -0.2) is 4.39 Å². The lowest BCUT2D eigenvalue weighted by molar-refractivity contribution is -0.122. The number of halogens is 1. The largest absolute Gasteiger partial charge is 0.493 e. The number of hydrogen-bond acceptors (Lipinski definition) is 8. The lowest BCUT2D eigenvalue weighted by atomic mass is 10.0. The van der Waals surface area contributed by atoms with Crippen molar-refractivity contribution in [3.8, 4) is 17.6 Å². The molecule has 0 radical (unpaired) electrons. The van der Waals surface area contributed by atoms with Crippen molar-refractivity contribution in [3.63, 3.8) is 0 Å². The third-order valence-electron chi connectivity index (χ3n) is 7.17. The van der Waals surface area contributed by atoms with Gasteiger partial charge in [0, 0.05) is 18.7 Å². The number of ether oxygens (including phenoxy) is 2. The molecule has 2 aromatic carbocycles. The Bertz CT molecular complexity index is 1660. The Balaban J connectivity index is 1.71. The minimum absolute atomic E-state index is 0.0367. The van der Waals surface area contributed by atoms with Gasteiger partial charge in [-0.05, 0) is 66.8 Å². The van der Waals surface area contributed by atoms with Crippen molar-refractivity contribution in [2.45, 2.75) is 46.2 Å². The topological polar surface area (TPSA) is 96.6 Å². The van der Waals surface area contributed by atoms with Crippen LogP contribution in [0.25, 0.3) is 6.08 Å². The molecule has 224 valence electrons. The molecule has 43 heavy (non-hydrogen) atoms. The van der Waals surface area contributed by atoms with E-state index in [9.17, 15) is 19.2 Å². The van der Waals surface area contributed by atoms with Gasteiger partial charge in [0.25, 0.3) is 11.5 Å². The molecule has 0 saturated carbocycles. The molecule has 8 nitrogen and oxygen atoms in total. The zero-order valence-corrected chi connectivity index (χ0v) is 26.2. The number of thiocarbonyl (C=S) groups is 1. The molecule has 0 aliphatic carbocycles. The summed E-state index contributed by atoms with van der Waals surface area (Å²) in [6.45, 7) is 4.84. The maximum atomic E-state index is 13.5. The number of thioether (sulfide) groups is 1. The van der Waals surface area contributed by atoms with Gasteiger partial charge in [0.2, 0.25) is 0 Å². The fraction of sp³-hybridized carbons (Fsp3) is 0.312. The Morgan fingerprint density at radius 2 is 1.79 bits per heavy atom. The summed E-state index contributed by atoms with van der Waals surface area (Å²) in [5.41, 5.74) is 2.48. The van der Waals surface area contributed by atoms with Crippen molar-refractivity contribution in [2.75, 3.05) is 26.1 Å². The van der Waals surface area contributed by atoms with E-state index in [1.165, 1.54) is 17.0 Å². The number of benzene rings is 2. The number of unbranched alkanes of at least 4 members (excludes halogenated alkanes) is 1. The summed E-state index contributed by atoms with van der Waals surface area (Å²) >= 11 is 6.68. The Kier molecular flexibility index (Phi) is 10.6. The molecule has 11 heteroatoms. The predicted octanol–water partition coefficient (Wildman–Crippen LogP) is 6.04. The molecule has 0 spiro atoms. The number of anilines is 1. The fourth-order valence-corrected chi connectivity index (χ4v) is 6.02. The molecule has 0 atom stereocenters. The van der Waals surface area contributed by atoms with E-state index in [4.69, 9.17) is 21.7 Å². The standard InChI is InChI=1S/C32H33FN4O4S2/c1-5-6-15-36-29(35-14-13-21-9-12-26(40-3)27(16-21)41-4)24(20(2)25(18-34)30(36)38)17-28-31(39)37(32(42)43-28)19-22-7-10-23(33)11-8-22/h7-12,16-17,35H,5-6,13-15,19H2,1-4H3/b28-17+. The molecular weight excluding hydrogens is 588 g/mol. The Morgan fingerprint density at radius 1 is 1.09 bits per heavy atom. The average molecular weight is 621 g/mol. The first kappa shape index (κ1) is 31.8. The smallest absolute Gasteiger partial charge is 0.270 e. The molecule has 1 N–H and O–H groups in total. The summed E-state index contributed by atoms with van der Waals surface area (Å²) < 4.78 is 26.1. The van der Waals surface area contributed by atoms with E-state index in [2.05, 4.69) is 11.4 Å². The van der Waals surface area contributed by atoms with Crippen molar-refractivity contribution in [3.05, 3.63) is 91.4 Å². The molecule has 0 unspecified atom stereocenters. The molecule has 4 rings (SSSR count). The highest BCUT2D eigenvalue weighted by Crippen LogP contribution is 2.36. The predicted molar refractivity (Wildman–Crippen MR) is 172 cm³/mol. The summed E-state index contributed by atoms with van der Waals surface area (Å²) in [5.74, 6) is 1.15. The number of aromatic nitrogens is 1. The number of nitriles is 1. The first-order valence-corrected chi connectivity index (χ1v) is 15.1. The molecular formula is C32H33FN4O4S2. The number of hydrogen-bond donors (Lipinski definition) is 1. The van der Waals surface area contributed by atoms with Gasteiger partial charge in [-0.3, -0.25) is 19.1 Å². The molecule has 1 saturated heterocycles. The van der Waals surface area contributed by atoms with Gasteiger partial charge in [-0.2, -0.15) is 5.26 Å². The number of nitrogens with one attached hydrogen (secondary N) is 1. The van der Waals surface area contributed by atoms with Crippen LogP contribution in [0.1, 0.15) is 47.6 Å². The zero-order valence-electron chi connectivity index (χ0n) is 24.5. The lowest BCUT2D eigenvalue weighted by Crippen LogP contribution is -2.29. The second-order valence-corrected chi connectivity index (χ2v) is 11.6. The summed E-state index contributed by atoms with van der Waals surface area (Å²) in [6.07, 6.45) is 3.91. The molecule has 3 aromatic rings. The Hall–Kier alpha value is -4.14. The number of nitrogens with zero attached hydrogens (tertiary/aromatic N) is 3. The normalized spacial score (nSPS) is 13.9. The Labute approximate surface area is 260 Å². The Morgan fingerprint density at radius 3 is 2.44 bits per heavy atom. The van der Waals surface area contributed by atoms with Crippen LogP contribution in [0.5, 0.6) is 11.5 Å². The maximum absolute atomic E-state index is 13.5. The number of rotatable bonds is 12. The van der Waals surface area contributed by atoms with E-state index in [0.29, 0.717) is 57.2 Å². The third kappa shape index (κ3) is 7.09. The second kappa shape index (κ2) is 14.4. The number of methoxy groups -OCH3 is 2. The average Bonchev–Trinajstić information content (AvgIpc) is 3.27. The first-order valence-electron chi connectivity index (χ1n) is 13.8. The van der Waals surface area contributed by atoms with Gasteiger partial charge >= 0.3 is 0 Å². The van der Waals surface area contributed by atoms with Gasteiger partial charge in [0.1, 0.15) is 27.6 Å². The fourth-order valence-electron chi connectivity index (χ4n) is 4.78. The minimum atomic E-state index is -0.372. The van der Waals surface area contributed by atoms with Crippen molar-refractivity contribution < 1.29 is 18.7 Å². The van der Waals surface area contributed by atoms with Crippen LogP contribution >= 0.6 is 24.0 Å². The van der Waals surface area contributed by atoms with Crippen molar-refractivity contribution in [1.29, 1.82) is 5.26 Å². The summed E-state index contributed by atoms with van der Waals surface area (Å²) in [6, 6.07) is 13.7. The number of carbonyl (C=O) groups excluding carboxylic acids is 1. The van der Waals surface area contributed by atoms with Gasteiger partial charge in [-0.15, -0.1) is 0 Å². The molecule has 1 fully saturated rings. The van der Waals surface area contributed by atoms with E-state index < -0.39 is 0 Å². The number of amides is 1. The molecule has 2 heterocycles. The zero-order chi connectivity index (χ0) is 31.1. The van der Waals surface area contributed by atoms with E-state index in [0.717, 1.165) is 35.7 Å². The van der Waals surface area contributed by atoms with Gasteiger partial charge in [0.05, 0.1) is 25.7 Å². The van der Waals surface area contributed by atoms with E-state index in [-0.39, 0.29) is 29.4 Å². The first-order chi connectivity index (χ1) is 20.7. The minimum Gasteiger partial charge on any atom is -0.493 e. The van der Waals surface area contributed by atoms with E-state index >= 15 is 0 Å². The molecule has 1 amide bonds.